The van der Waals surface area contributed by atoms with Crippen molar-refractivity contribution in [2.24, 2.45) is 0 Å². The second kappa shape index (κ2) is 6.37. The van der Waals surface area contributed by atoms with E-state index in [2.05, 4.69) is 10.6 Å². The highest BCUT2D eigenvalue weighted by Crippen LogP contribution is 2.10. The van der Waals surface area contributed by atoms with Gasteiger partial charge >= 0.3 is 0 Å². The number of amides is 1. The molecule has 0 aliphatic carbocycles. The number of sulfone groups is 1. The van der Waals surface area contributed by atoms with Crippen molar-refractivity contribution < 1.29 is 13.2 Å². The van der Waals surface area contributed by atoms with Crippen LogP contribution in [0.3, 0.4) is 0 Å². The molecule has 1 amide bonds. The average Bonchev–Trinajstić information content (AvgIpc) is 2.92. The van der Waals surface area contributed by atoms with Crippen LogP contribution in [0.15, 0.2) is 29.2 Å². The molecule has 2 rings (SSSR count). The molecule has 6 heteroatoms. The molecule has 1 saturated heterocycles. The third-order valence-corrected chi connectivity index (χ3v) is 4.57. The molecule has 0 radical (unpaired) electrons. The van der Waals surface area contributed by atoms with Gasteiger partial charge in [-0.05, 0) is 43.5 Å². The van der Waals surface area contributed by atoms with E-state index in [1.807, 2.05) is 0 Å². The first-order valence-corrected chi connectivity index (χ1v) is 8.66. The van der Waals surface area contributed by atoms with Crippen LogP contribution >= 0.6 is 0 Å². The van der Waals surface area contributed by atoms with Gasteiger partial charge in [-0.15, -0.1) is 0 Å². The molecule has 1 unspecified atom stereocenters. The molecule has 1 aromatic carbocycles. The Morgan fingerprint density at radius 2 is 2.05 bits per heavy atom. The zero-order valence-corrected chi connectivity index (χ0v) is 12.4. The van der Waals surface area contributed by atoms with Crippen LogP contribution in [-0.2, 0) is 21.1 Å². The number of hydrogen-bond acceptors (Lipinski definition) is 4. The van der Waals surface area contributed by atoms with E-state index in [4.69, 9.17) is 0 Å². The molecule has 1 atom stereocenters. The van der Waals surface area contributed by atoms with Crippen molar-refractivity contribution in [2.45, 2.75) is 30.2 Å². The predicted molar refractivity (Wildman–Crippen MR) is 77.3 cm³/mol. The van der Waals surface area contributed by atoms with E-state index < -0.39 is 9.84 Å². The Balaban J connectivity index is 1.81. The number of carbonyl (C=O) groups excluding carboxylic acids is 1. The lowest BCUT2D eigenvalue weighted by atomic mass is 10.1. The quantitative estimate of drug-likeness (QED) is 0.830. The highest BCUT2D eigenvalue weighted by molar-refractivity contribution is 7.90. The van der Waals surface area contributed by atoms with Crippen LogP contribution in [0.4, 0.5) is 0 Å². The second-order valence-electron chi connectivity index (χ2n) is 5.11. The fourth-order valence-corrected chi connectivity index (χ4v) is 2.90. The van der Waals surface area contributed by atoms with Crippen molar-refractivity contribution in [3.63, 3.8) is 0 Å². The van der Waals surface area contributed by atoms with Gasteiger partial charge in [0.25, 0.3) is 0 Å². The second-order valence-corrected chi connectivity index (χ2v) is 7.12. The molecule has 0 saturated carbocycles. The summed E-state index contributed by atoms with van der Waals surface area (Å²) in [7, 11) is -3.14. The summed E-state index contributed by atoms with van der Waals surface area (Å²) < 4.78 is 22.7. The third kappa shape index (κ3) is 4.05. The van der Waals surface area contributed by atoms with Crippen LogP contribution < -0.4 is 10.6 Å². The summed E-state index contributed by atoms with van der Waals surface area (Å²) in [6, 6.07) is 6.73. The van der Waals surface area contributed by atoms with E-state index in [0.717, 1.165) is 24.9 Å². The molecular formula is C14H20N2O3S. The highest BCUT2D eigenvalue weighted by Gasteiger charge is 2.21. The van der Waals surface area contributed by atoms with E-state index in [9.17, 15) is 13.2 Å². The normalized spacial score (nSPS) is 18.9. The molecule has 0 bridgehead atoms. The molecule has 110 valence electrons. The first kappa shape index (κ1) is 15.0. The molecule has 1 aliphatic rings. The Kier molecular flexibility index (Phi) is 4.77. The van der Waals surface area contributed by atoms with Crippen LogP contribution in [0.5, 0.6) is 0 Å². The van der Waals surface area contributed by atoms with Gasteiger partial charge in [-0.25, -0.2) is 8.42 Å². The van der Waals surface area contributed by atoms with Crippen molar-refractivity contribution in [3.8, 4) is 0 Å². The van der Waals surface area contributed by atoms with Crippen molar-refractivity contribution in [1.82, 2.24) is 10.6 Å². The van der Waals surface area contributed by atoms with E-state index in [0.29, 0.717) is 17.9 Å². The summed E-state index contributed by atoms with van der Waals surface area (Å²) in [6.45, 7) is 1.47. The molecule has 1 aromatic rings. The minimum atomic E-state index is -3.14. The molecule has 2 N–H and O–H groups in total. The van der Waals surface area contributed by atoms with Crippen LogP contribution in [0.25, 0.3) is 0 Å². The van der Waals surface area contributed by atoms with Gasteiger partial charge in [-0.1, -0.05) is 12.1 Å². The zero-order chi connectivity index (χ0) is 14.6. The van der Waals surface area contributed by atoms with Crippen molar-refractivity contribution in [1.29, 1.82) is 0 Å². The molecule has 0 spiro atoms. The molecule has 1 aliphatic heterocycles. The summed E-state index contributed by atoms with van der Waals surface area (Å²) in [5.41, 5.74) is 1.01. The molecule has 5 nitrogen and oxygen atoms in total. The van der Waals surface area contributed by atoms with Gasteiger partial charge in [-0.3, -0.25) is 4.79 Å². The van der Waals surface area contributed by atoms with Gasteiger partial charge in [0.2, 0.25) is 5.91 Å². The molecule has 0 aromatic heterocycles. The van der Waals surface area contributed by atoms with Gasteiger partial charge < -0.3 is 10.6 Å². The summed E-state index contributed by atoms with van der Waals surface area (Å²) in [4.78, 5) is 12.1. The molecular weight excluding hydrogens is 276 g/mol. The predicted octanol–water partition coefficient (Wildman–Crippen LogP) is 0.501. The van der Waals surface area contributed by atoms with Crippen molar-refractivity contribution in [3.05, 3.63) is 29.8 Å². The lowest BCUT2D eigenvalue weighted by Crippen LogP contribution is -2.41. The van der Waals surface area contributed by atoms with E-state index in [1.165, 1.54) is 6.26 Å². The van der Waals surface area contributed by atoms with Crippen LogP contribution in [0.1, 0.15) is 18.4 Å². The van der Waals surface area contributed by atoms with E-state index in [1.54, 1.807) is 24.3 Å². The Hall–Kier alpha value is -1.40. The zero-order valence-electron chi connectivity index (χ0n) is 11.6. The number of carbonyl (C=O) groups is 1. The van der Waals surface area contributed by atoms with Gasteiger partial charge in [0.15, 0.2) is 9.84 Å². The number of benzene rings is 1. The maximum Gasteiger partial charge on any atom is 0.237 e. The Bertz CT molecular complexity index is 561. The average molecular weight is 296 g/mol. The first-order chi connectivity index (χ1) is 9.47. The molecule has 1 fully saturated rings. The van der Waals surface area contributed by atoms with E-state index >= 15 is 0 Å². The van der Waals surface area contributed by atoms with Crippen LogP contribution in [0, 0.1) is 0 Å². The van der Waals surface area contributed by atoms with Gasteiger partial charge in [-0.2, -0.15) is 0 Å². The summed E-state index contributed by atoms with van der Waals surface area (Å²) in [5, 5.41) is 6.05. The monoisotopic (exact) mass is 296 g/mol. The summed E-state index contributed by atoms with van der Waals surface area (Å²) in [5.74, 6) is 0.0512. The Labute approximate surface area is 119 Å². The smallest absolute Gasteiger partial charge is 0.237 e. The SMILES string of the molecule is CS(=O)(=O)c1ccc(CCNC(=O)C2CCCN2)cc1. The maximum absolute atomic E-state index is 11.8. The number of nitrogens with one attached hydrogen (secondary N) is 2. The van der Waals surface area contributed by atoms with Gasteiger partial charge in [0.05, 0.1) is 10.9 Å². The van der Waals surface area contributed by atoms with Crippen LogP contribution in [-0.4, -0.2) is 39.7 Å². The van der Waals surface area contributed by atoms with Gasteiger partial charge in [0.1, 0.15) is 0 Å². The Morgan fingerprint density at radius 3 is 2.60 bits per heavy atom. The standard InChI is InChI=1S/C14H20N2O3S/c1-20(18,19)12-6-4-11(5-7-12)8-10-16-14(17)13-3-2-9-15-13/h4-7,13,15H,2-3,8-10H2,1H3,(H,16,17). The largest absolute Gasteiger partial charge is 0.354 e. The summed E-state index contributed by atoms with van der Waals surface area (Å²) >= 11 is 0. The highest BCUT2D eigenvalue weighted by atomic mass is 32.2. The fraction of sp³-hybridized carbons (Fsp3) is 0.500. The minimum absolute atomic E-state index is 0.0512. The van der Waals surface area contributed by atoms with Crippen LogP contribution in [0.2, 0.25) is 0 Å². The van der Waals surface area contributed by atoms with Crippen molar-refractivity contribution in [2.75, 3.05) is 19.3 Å². The molecule has 20 heavy (non-hydrogen) atoms. The topological polar surface area (TPSA) is 75.3 Å². The van der Waals surface area contributed by atoms with E-state index in [-0.39, 0.29) is 11.9 Å². The first-order valence-electron chi connectivity index (χ1n) is 6.77. The third-order valence-electron chi connectivity index (χ3n) is 3.44. The number of hydrogen-bond donors (Lipinski definition) is 2. The minimum Gasteiger partial charge on any atom is -0.354 e. The van der Waals surface area contributed by atoms with Crippen molar-refractivity contribution >= 4 is 15.7 Å². The van der Waals surface area contributed by atoms with Gasteiger partial charge in [0, 0.05) is 12.8 Å². The lowest BCUT2D eigenvalue weighted by molar-refractivity contribution is -0.122. The summed E-state index contributed by atoms with van der Waals surface area (Å²) in [6.07, 6.45) is 3.83. The molecule has 1 heterocycles. The fourth-order valence-electron chi connectivity index (χ4n) is 2.26. The number of rotatable bonds is 5. The lowest BCUT2D eigenvalue weighted by Gasteiger charge is -2.11. The maximum atomic E-state index is 11.8. The Morgan fingerprint density at radius 1 is 1.35 bits per heavy atom.